The third kappa shape index (κ3) is 2.32. The van der Waals surface area contributed by atoms with Crippen molar-refractivity contribution in [1.29, 1.82) is 0 Å². The molecular weight excluding hydrogens is 286 g/mol. The van der Waals surface area contributed by atoms with Crippen molar-refractivity contribution in [1.82, 2.24) is 9.78 Å². The zero-order valence-corrected chi connectivity index (χ0v) is 13.2. The minimum Gasteiger partial charge on any atom is -0.287 e. The molecular formula is C19H17N3O. The summed E-state index contributed by atoms with van der Waals surface area (Å²) in [5, 5.41) is 4.49. The minimum atomic E-state index is -0.0952. The van der Waals surface area contributed by atoms with E-state index in [-0.39, 0.29) is 6.03 Å². The molecule has 2 aromatic carbocycles. The quantitative estimate of drug-likeness (QED) is 0.713. The van der Waals surface area contributed by atoms with Crippen molar-refractivity contribution in [2.75, 3.05) is 4.90 Å². The summed E-state index contributed by atoms with van der Waals surface area (Å²) in [5.74, 6) is 0. The lowest BCUT2D eigenvalue weighted by Crippen LogP contribution is -2.26. The summed E-state index contributed by atoms with van der Waals surface area (Å²) >= 11 is 0. The van der Waals surface area contributed by atoms with Crippen molar-refractivity contribution in [2.45, 2.75) is 20.4 Å². The van der Waals surface area contributed by atoms with Gasteiger partial charge in [0.15, 0.2) is 0 Å². The smallest absolute Gasteiger partial charge is 0.287 e. The van der Waals surface area contributed by atoms with Crippen LogP contribution in [-0.2, 0) is 6.54 Å². The molecule has 4 heteroatoms. The molecule has 0 aliphatic carbocycles. The Hall–Kier alpha value is -2.88. The van der Waals surface area contributed by atoms with Crippen LogP contribution in [0.2, 0.25) is 0 Å². The Morgan fingerprint density at radius 2 is 1.52 bits per heavy atom. The lowest BCUT2D eigenvalue weighted by Gasteiger charge is -2.15. The standard InChI is InChI=1S/C19H17N3O/c1-13-3-7-15(8-4-13)18-11-17-12-21(19(23)22(17)20-18)16-9-5-14(2)6-10-16/h3-11H,12H2,1-2H3. The average molecular weight is 303 g/mol. The zero-order chi connectivity index (χ0) is 16.0. The van der Waals surface area contributed by atoms with Gasteiger partial charge in [-0.1, -0.05) is 47.5 Å². The van der Waals surface area contributed by atoms with E-state index in [9.17, 15) is 4.79 Å². The van der Waals surface area contributed by atoms with Crippen LogP contribution in [0.25, 0.3) is 11.3 Å². The molecule has 4 nitrogen and oxygen atoms in total. The van der Waals surface area contributed by atoms with Gasteiger partial charge in [-0.25, -0.2) is 4.79 Å². The molecule has 1 aliphatic rings. The van der Waals surface area contributed by atoms with Crippen LogP contribution in [0.1, 0.15) is 16.8 Å². The Kier molecular flexibility index (Phi) is 3.05. The Labute approximate surface area is 135 Å². The molecule has 0 bridgehead atoms. The monoisotopic (exact) mass is 303 g/mol. The van der Waals surface area contributed by atoms with Crippen molar-refractivity contribution >= 4 is 11.7 Å². The molecule has 2 heterocycles. The largest absolute Gasteiger partial charge is 0.349 e. The van der Waals surface area contributed by atoms with Crippen molar-refractivity contribution in [3.05, 3.63) is 71.4 Å². The Morgan fingerprint density at radius 3 is 2.13 bits per heavy atom. The summed E-state index contributed by atoms with van der Waals surface area (Å²) in [6.07, 6.45) is 0. The molecule has 0 unspecified atom stereocenters. The van der Waals surface area contributed by atoms with Gasteiger partial charge in [0, 0.05) is 11.3 Å². The van der Waals surface area contributed by atoms with E-state index in [0.717, 1.165) is 22.6 Å². The Bertz CT molecular complexity index is 876. The van der Waals surface area contributed by atoms with E-state index in [2.05, 4.69) is 24.2 Å². The number of anilines is 1. The molecule has 0 saturated carbocycles. The van der Waals surface area contributed by atoms with E-state index in [4.69, 9.17) is 0 Å². The summed E-state index contributed by atoms with van der Waals surface area (Å²) in [7, 11) is 0. The molecule has 3 aromatic rings. The molecule has 4 rings (SSSR count). The number of amides is 1. The number of hydrogen-bond acceptors (Lipinski definition) is 2. The lowest BCUT2D eigenvalue weighted by atomic mass is 10.1. The Balaban J connectivity index is 1.65. The number of aryl methyl sites for hydroxylation is 2. The number of hydrogen-bond donors (Lipinski definition) is 0. The van der Waals surface area contributed by atoms with Gasteiger partial charge in [0.1, 0.15) is 0 Å². The molecule has 0 fully saturated rings. The predicted octanol–water partition coefficient (Wildman–Crippen LogP) is 4.16. The van der Waals surface area contributed by atoms with Crippen LogP contribution < -0.4 is 4.90 Å². The van der Waals surface area contributed by atoms with E-state index in [0.29, 0.717) is 6.54 Å². The SMILES string of the molecule is Cc1ccc(-c2cc3n(n2)C(=O)N(c2ccc(C)cc2)C3)cc1. The topological polar surface area (TPSA) is 38.1 Å². The lowest BCUT2D eigenvalue weighted by molar-refractivity contribution is 0.248. The first-order chi connectivity index (χ1) is 11.1. The molecule has 0 radical (unpaired) electrons. The first-order valence-electron chi connectivity index (χ1n) is 7.66. The van der Waals surface area contributed by atoms with Crippen LogP contribution in [0, 0.1) is 13.8 Å². The zero-order valence-electron chi connectivity index (χ0n) is 13.2. The minimum absolute atomic E-state index is 0.0952. The highest BCUT2D eigenvalue weighted by Gasteiger charge is 2.30. The Morgan fingerprint density at radius 1 is 0.913 bits per heavy atom. The number of carbonyl (C=O) groups is 1. The van der Waals surface area contributed by atoms with Gasteiger partial charge < -0.3 is 0 Å². The number of carbonyl (C=O) groups excluding carboxylic acids is 1. The van der Waals surface area contributed by atoms with Gasteiger partial charge in [-0.2, -0.15) is 9.78 Å². The van der Waals surface area contributed by atoms with Crippen LogP contribution in [0.15, 0.2) is 54.6 Å². The number of rotatable bonds is 2. The van der Waals surface area contributed by atoms with E-state index < -0.39 is 0 Å². The van der Waals surface area contributed by atoms with Crippen LogP contribution in [0.5, 0.6) is 0 Å². The van der Waals surface area contributed by atoms with Crippen LogP contribution in [0.4, 0.5) is 10.5 Å². The van der Waals surface area contributed by atoms with Gasteiger partial charge in [-0.3, -0.25) is 4.90 Å². The van der Waals surface area contributed by atoms with Gasteiger partial charge >= 0.3 is 6.03 Å². The molecule has 1 aromatic heterocycles. The maximum atomic E-state index is 12.6. The van der Waals surface area contributed by atoms with E-state index >= 15 is 0 Å². The second-order valence-electron chi connectivity index (χ2n) is 6.00. The summed E-state index contributed by atoms with van der Waals surface area (Å²) < 4.78 is 1.51. The number of fused-ring (bicyclic) bond motifs is 1. The molecule has 1 aliphatic heterocycles. The van der Waals surface area contributed by atoms with Gasteiger partial charge in [0.25, 0.3) is 0 Å². The molecule has 0 atom stereocenters. The third-order valence-electron chi connectivity index (χ3n) is 4.21. The third-order valence-corrected chi connectivity index (χ3v) is 4.21. The fourth-order valence-electron chi connectivity index (χ4n) is 2.83. The molecule has 1 amide bonds. The summed E-state index contributed by atoms with van der Waals surface area (Å²) in [6, 6.07) is 18.1. The van der Waals surface area contributed by atoms with Crippen LogP contribution >= 0.6 is 0 Å². The normalized spacial score (nSPS) is 13.5. The second kappa shape index (κ2) is 5.09. The summed E-state index contributed by atoms with van der Waals surface area (Å²) in [6.45, 7) is 4.65. The fourth-order valence-corrected chi connectivity index (χ4v) is 2.83. The average Bonchev–Trinajstić information content (AvgIpc) is 3.09. The van der Waals surface area contributed by atoms with Gasteiger partial charge in [-0.15, -0.1) is 0 Å². The van der Waals surface area contributed by atoms with Crippen molar-refractivity contribution in [3.8, 4) is 11.3 Å². The second-order valence-corrected chi connectivity index (χ2v) is 6.00. The molecule has 0 saturated heterocycles. The maximum absolute atomic E-state index is 12.6. The number of aromatic nitrogens is 2. The molecule has 0 N–H and O–H groups in total. The van der Waals surface area contributed by atoms with Crippen molar-refractivity contribution in [2.24, 2.45) is 0 Å². The van der Waals surface area contributed by atoms with Crippen molar-refractivity contribution < 1.29 is 4.79 Å². The fraction of sp³-hybridized carbons (Fsp3) is 0.158. The maximum Gasteiger partial charge on any atom is 0.349 e. The van der Waals surface area contributed by atoms with E-state index in [1.807, 2.05) is 49.4 Å². The predicted molar refractivity (Wildman–Crippen MR) is 90.6 cm³/mol. The van der Waals surface area contributed by atoms with Gasteiger partial charge in [0.05, 0.1) is 17.9 Å². The highest BCUT2D eigenvalue weighted by atomic mass is 16.2. The van der Waals surface area contributed by atoms with Crippen LogP contribution in [0.3, 0.4) is 0 Å². The first kappa shape index (κ1) is 13.8. The molecule has 23 heavy (non-hydrogen) atoms. The molecule has 0 spiro atoms. The van der Waals surface area contributed by atoms with Gasteiger partial charge in [0.2, 0.25) is 0 Å². The number of nitrogens with zero attached hydrogens (tertiary/aromatic N) is 3. The van der Waals surface area contributed by atoms with Crippen molar-refractivity contribution in [3.63, 3.8) is 0 Å². The van der Waals surface area contributed by atoms with Crippen LogP contribution in [-0.4, -0.2) is 15.8 Å². The summed E-state index contributed by atoms with van der Waals surface area (Å²) in [4.78, 5) is 14.4. The summed E-state index contributed by atoms with van der Waals surface area (Å²) in [5.41, 5.74) is 6.10. The van der Waals surface area contributed by atoms with E-state index in [1.54, 1.807) is 4.90 Å². The highest BCUT2D eigenvalue weighted by Crippen LogP contribution is 2.28. The number of benzene rings is 2. The molecule has 114 valence electrons. The first-order valence-corrected chi connectivity index (χ1v) is 7.66. The highest BCUT2D eigenvalue weighted by molar-refractivity contribution is 5.96. The van der Waals surface area contributed by atoms with E-state index in [1.165, 1.54) is 15.8 Å². The van der Waals surface area contributed by atoms with Gasteiger partial charge in [-0.05, 0) is 32.0 Å².